The molecule has 0 unspecified atom stereocenters. The topological polar surface area (TPSA) is 46.2 Å². The van der Waals surface area contributed by atoms with Crippen molar-refractivity contribution >= 4 is 10.0 Å². The monoisotopic (exact) mass is 305 g/mol. The van der Waals surface area contributed by atoms with Crippen molar-refractivity contribution in [2.45, 2.75) is 11.8 Å². The van der Waals surface area contributed by atoms with Crippen LogP contribution in [0.25, 0.3) is 0 Å². The summed E-state index contributed by atoms with van der Waals surface area (Å²) in [7, 11) is -3.43. The van der Waals surface area contributed by atoms with E-state index in [-0.39, 0.29) is 17.3 Å². The summed E-state index contributed by atoms with van der Waals surface area (Å²) < 4.78 is 37.2. The summed E-state index contributed by atoms with van der Waals surface area (Å²) in [5.41, 5.74) is 1.01. The maximum absolute atomic E-state index is 11.9. The number of hydrogen-bond acceptors (Lipinski definition) is 2. The van der Waals surface area contributed by atoms with Crippen molar-refractivity contribution in [2.24, 2.45) is 0 Å². The molecule has 0 atom stereocenters. The highest BCUT2D eigenvalue weighted by Crippen LogP contribution is 2.09. The summed E-state index contributed by atoms with van der Waals surface area (Å²) >= 11 is 0. The van der Waals surface area contributed by atoms with Gasteiger partial charge in [-0.05, 0) is 31.2 Å². The first-order chi connectivity index (χ1) is 9.95. The van der Waals surface area contributed by atoms with E-state index in [2.05, 4.69) is 10.6 Å². The molecule has 0 aliphatic heterocycles. The highest BCUT2D eigenvalue weighted by atomic mass is 32.2. The van der Waals surface area contributed by atoms with Gasteiger partial charge >= 0.3 is 0 Å². The average Bonchev–Trinajstić information content (AvgIpc) is 2.47. The number of terminal acetylenes is 1. The molecule has 0 aliphatic carbocycles. The van der Waals surface area contributed by atoms with E-state index in [1.54, 1.807) is 42.5 Å². The number of sulfonamides is 1. The predicted molar refractivity (Wildman–Crippen MR) is 81.6 cm³/mol. The van der Waals surface area contributed by atoms with Crippen molar-refractivity contribution in [1.29, 1.82) is 0 Å². The van der Waals surface area contributed by atoms with E-state index in [0.717, 1.165) is 5.56 Å². The van der Waals surface area contributed by atoms with Crippen molar-refractivity contribution in [3.63, 3.8) is 0 Å². The van der Waals surface area contributed by atoms with E-state index in [1.165, 1.54) is 12.1 Å². The summed E-state index contributed by atoms with van der Waals surface area (Å²) in [5.74, 6) is 2.04. The zero-order valence-corrected chi connectivity index (χ0v) is 12.4. The number of halogens is 1. The second kappa shape index (κ2) is 8.20. The first kappa shape index (κ1) is 16.9. The number of hydrogen-bond donors (Lipinski definition) is 1. The fourth-order valence-corrected chi connectivity index (χ4v) is 2.29. The molecule has 2 rings (SSSR count). The van der Waals surface area contributed by atoms with Gasteiger partial charge in [0.25, 0.3) is 0 Å². The van der Waals surface area contributed by atoms with Crippen LogP contribution in [-0.4, -0.2) is 15.0 Å². The van der Waals surface area contributed by atoms with Gasteiger partial charge in [0.15, 0.2) is 0 Å². The van der Waals surface area contributed by atoms with Crippen molar-refractivity contribution in [3.05, 3.63) is 66.0 Å². The van der Waals surface area contributed by atoms with E-state index in [4.69, 9.17) is 6.42 Å². The van der Waals surface area contributed by atoms with Gasteiger partial charge in [0.2, 0.25) is 10.0 Å². The van der Waals surface area contributed by atoms with Crippen LogP contribution in [0.1, 0.15) is 5.56 Å². The third-order valence-corrected chi connectivity index (χ3v) is 3.85. The van der Waals surface area contributed by atoms with E-state index in [9.17, 15) is 12.8 Å². The molecule has 0 saturated carbocycles. The molecule has 0 saturated heterocycles. The summed E-state index contributed by atoms with van der Waals surface area (Å²) in [4.78, 5) is 0.235. The third kappa shape index (κ3) is 6.21. The molecule has 1 N–H and O–H groups in total. The third-order valence-electron chi connectivity index (χ3n) is 2.43. The van der Waals surface area contributed by atoms with Crippen LogP contribution in [0.15, 0.2) is 59.5 Å². The molecule has 5 heteroatoms. The van der Waals surface area contributed by atoms with Gasteiger partial charge in [-0.1, -0.05) is 41.8 Å². The van der Waals surface area contributed by atoms with Crippen LogP contribution in [-0.2, 0) is 10.0 Å². The first-order valence-electron chi connectivity index (χ1n) is 6.16. The highest BCUT2D eigenvalue weighted by Gasteiger charge is 2.11. The van der Waals surface area contributed by atoms with Crippen molar-refractivity contribution in [1.82, 2.24) is 4.72 Å². The van der Waals surface area contributed by atoms with Crippen molar-refractivity contribution in [2.75, 3.05) is 6.54 Å². The second-order valence-electron chi connectivity index (χ2n) is 4.14. The second-order valence-corrected chi connectivity index (χ2v) is 5.90. The molecule has 0 aromatic heterocycles. The quantitative estimate of drug-likeness (QED) is 0.886. The average molecular weight is 305 g/mol. The van der Waals surface area contributed by atoms with Gasteiger partial charge in [-0.2, -0.15) is 4.72 Å². The van der Waals surface area contributed by atoms with Crippen LogP contribution < -0.4 is 4.72 Å². The lowest BCUT2D eigenvalue weighted by Crippen LogP contribution is -2.23. The molecule has 0 bridgehead atoms. The Labute approximate surface area is 124 Å². The highest BCUT2D eigenvalue weighted by molar-refractivity contribution is 7.89. The number of nitrogens with one attached hydrogen (secondary N) is 1. The molecule has 0 radical (unpaired) electrons. The molecule has 0 amide bonds. The largest absolute Gasteiger partial charge is 0.241 e. The molecular formula is C16H16FNO2S. The minimum Gasteiger partial charge on any atom is -0.207 e. The SMILES string of the molecule is C#CCNS(=O)(=O)c1ccc(C)cc1.Fc1ccccc1. The van der Waals surface area contributed by atoms with Crippen LogP contribution in [0.5, 0.6) is 0 Å². The number of benzene rings is 2. The van der Waals surface area contributed by atoms with E-state index in [1.807, 2.05) is 6.92 Å². The van der Waals surface area contributed by atoms with Gasteiger partial charge in [0.05, 0.1) is 11.4 Å². The van der Waals surface area contributed by atoms with Gasteiger partial charge in [-0.3, -0.25) is 0 Å². The van der Waals surface area contributed by atoms with E-state index < -0.39 is 10.0 Å². The molecule has 3 nitrogen and oxygen atoms in total. The van der Waals surface area contributed by atoms with Crippen LogP contribution in [0.2, 0.25) is 0 Å². The lowest BCUT2D eigenvalue weighted by Gasteiger charge is -2.03. The van der Waals surface area contributed by atoms with Gasteiger partial charge in [-0.15, -0.1) is 6.42 Å². The lowest BCUT2D eigenvalue weighted by molar-refractivity contribution is 0.586. The minimum absolute atomic E-state index is 0.0101. The normalized spacial score (nSPS) is 10.1. The molecule has 0 fully saturated rings. The Balaban J connectivity index is 0.000000262. The van der Waals surface area contributed by atoms with E-state index >= 15 is 0 Å². The van der Waals surface area contributed by atoms with Gasteiger partial charge in [0, 0.05) is 0 Å². The molecule has 110 valence electrons. The fraction of sp³-hybridized carbons (Fsp3) is 0.125. The molecule has 2 aromatic carbocycles. The molecule has 2 aromatic rings. The molecular weight excluding hydrogens is 289 g/mol. The molecule has 0 heterocycles. The van der Waals surface area contributed by atoms with Crippen LogP contribution in [0.3, 0.4) is 0 Å². The van der Waals surface area contributed by atoms with E-state index in [0.29, 0.717) is 0 Å². The zero-order chi connectivity index (χ0) is 15.7. The van der Waals surface area contributed by atoms with Crippen molar-refractivity contribution in [3.8, 4) is 12.3 Å². The smallest absolute Gasteiger partial charge is 0.207 e. The van der Waals surface area contributed by atoms with Gasteiger partial charge < -0.3 is 0 Å². The zero-order valence-electron chi connectivity index (χ0n) is 11.6. The van der Waals surface area contributed by atoms with Crippen LogP contribution >= 0.6 is 0 Å². The summed E-state index contributed by atoms with van der Waals surface area (Å²) in [6.45, 7) is 1.90. The Bertz CT molecular complexity index is 689. The summed E-state index contributed by atoms with van der Waals surface area (Å²) in [5, 5.41) is 0. The van der Waals surface area contributed by atoms with Crippen LogP contribution in [0, 0.1) is 25.1 Å². The van der Waals surface area contributed by atoms with Crippen molar-refractivity contribution < 1.29 is 12.8 Å². The number of rotatable bonds is 3. The predicted octanol–water partition coefficient (Wildman–Crippen LogP) is 2.73. The maximum atomic E-state index is 11.9. The maximum Gasteiger partial charge on any atom is 0.241 e. The molecule has 21 heavy (non-hydrogen) atoms. The van der Waals surface area contributed by atoms with Gasteiger partial charge in [-0.25, -0.2) is 12.8 Å². The Morgan fingerprint density at radius 3 is 2.10 bits per heavy atom. The Hall–Kier alpha value is -2.16. The lowest BCUT2D eigenvalue weighted by atomic mass is 10.2. The van der Waals surface area contributed by atoms with Crippen LogP contribution in [0.4, 0.5) is 4.39 Å². The fourth-order valence-electron chi connectivity index (χ4n) is 1.35. The first-order valence-corrected chi connectivity index (χ1v) is 7.64. The number of aryl methyl sites for hydroxylation is 1. The Kier molecular flexibility index (Phi) is 6.60. The minimum atomic E-state index is -3.43. The summed E-state index contributed by atoms with van der Waals surface area (Å²) in [6.07, 6.45) is 4.96. The molecule has 0 aliphatic rings. The Morgan fingerprint density at radius 2 is 1.67 bits per heavy atom. The van der Waals surface area contributed by atoms with Gasteiger partial charge in [0.1, 0.15) is 5.82 Å². The Morgan fingerprint density at radius 1 is 1.10 bits per heavy atom. The molecule has 0 spiro atoms. The standard InChI is InChI=1S/C10H11NO2S.C6H5F/c1-3-8-11-14(12,13)10-6-4-9(2)5-7-10;7-6-4-2-1-3-5-6/h1,4-7,11H,8H2,2H3;1-5H. The summed E-state index contributed by atoms with van der Waals surface area (Å²) in [6, 6.07) is 14.5.